The average Bonchev–Trinajstić information content (AvgIpc) is 3.16. The van der Waals surface area contributed by atoms with Gasteiger partial charge in [-0.3, -0.25) is 14.6 Å². The summed E-state index contributed by atoms with van der Waals surface area (Å²) in [4.78, 5) is 16.6. The molecule has 2 fully saturated rings. The first-order valence-electron chi connectivity index (χ1n) is 11.1. The molecule has 0 N–H and O–H groups in total. The quantitative estimate of drug-likeness (QED) is 0.619. The number of hydrogen-bond acceptors (Lipinski definition) is 6. The van der Waals surface area contributed by atoms with Gasteiger partial charge in [-0.05, 0) is 24.6 Å². The molecule has 2 atom stereocenters. The number of hydrogen-bond donors (Lipinski definition) is 0. The van der Waals surface area contributed by atoms with E-state index < -0.39 is 10.0 Å². The second kappa shape index (κ2) is 9.70. The van der Waals surface area contributed by atoms with E-state index in [1.807, 2.05) is 37.3 Å². The molecule has 2 aliphatic rings. The third-order valence-electron chi connectivity index (χ3n) is 6.28. The molecule has 2 saturated heterocycles. The van der Waals surface area contributed by atoms with Gasteiger partial charge in [-0.1, -0.05) is 48.0 Å². The monoisotopic (exact) mass is 457 g/mol. The minimum absolute atomic E-state index is 0.0619. The van der Waals surface area contributed by atoms with E-state index >= 15 is 0 Å². The zero-order chi connectivity index (χ0) is 22.7. The first kappa shape index (κ1) is 22.9. The van der Waals surface area contributed by atoms with Gasteiger partial charge in [0.15, 0.2) is 0 Å². The molecule has 0 aliphatic carbocycles. The summed E-state index contributed by atoms with van der Waals surface area (Å²) in [5.74, 6) is -0.276. The predicted octanol–water partition coefficient (Wildman–Crippen LogP) is 2.12. The molecule has 2 aliphatic heterocycles. The van der Waals surface area contributed by atoms with Gasteiger partial charge >= 0.3 is 5.97 Å². The molecular formula is C24H31N3O4S. The number of ether oxygens (including phenoxy) is 1. The standard InChI is InChI=1S/C24H31N3O4S/c1-19-8-10-22(11-9-19)32(29,30)27-14-12-26(13-15-27)23-17-25(18-24(23)31-20(2)28)16-21-6-4-3-5-7-21/h3-11,23-24H,12-18H2,1-2H3/t23-,24+/m0/s1. The second-order valence-corrected chi connectivity index (χ2v) is 10.6. The molecule has 2 aromatic carbocycles. The van der Waals surface area contributed by atoms with Crippen LogP contribution in [0.3, 0.4) is 0 Å². The van der Waals surface area contributed by atoms with Crippen LogP contribution in [0.1, 0.15) is 18.1 Å². The number of nitrogens with zero attached hydrogens (tertiary/aromatic N) is 3. The number of aryl methyl sites for hydroxylation is 1. The van der Waals surface area contributed by atoms with Crippen LogP contribution in [0.2, 0.25) is 0 Å². The van der Waals surface area contributed by atoms with Gasteiger partial charge in [-0.2, -0.15) is 4.31 Å². The molecule has 32 heavy (non-hydrogen) atoms. The van der Waals surface area contributed by atoms with Crippen LogP contribution in [0, 0.1) is 6.92 Å². The summed E-state index contributed by atoms with van der Waals surface area (Å²) >= 11 is 0. The van der Waals surface area contributed by atoms with Crippen LogP contribution in [-0.2, 0) is 26.1 Å². The van der Waals surface area contributed by atoms with Gasteiger partial charge in [-0.15, -0.1) is 0 Å². The maximum absolute atomic E-state index is 13.0. The van der Waals surface area contributed by atoms with Crippen molar-refractivity contribution in [3.63, 3.8) is 0 Å². The number of carbonyl (C=O) groups is 1. The van der Waals surface area contributed by atoms with E-state index in [-0.39, 0.29) is 18.1 Å². The van der Waals surface area contributed by atoms with Crippen molar-refractivity contribution in [1.29, 1.82) is 0 Å². The SMILES string of the molecule is CC(=O)O[C@@H]1CN(Cc2ccccc2)C[C@@H]1N1CCN(S(=O)(=O)c2ccc(C)cc2)CC1. The largest absolute Gasteiger partial charge is 0.459 e. The molecule has 0 unspecified atom stereocenters. The normalized spacial score (nSPS) is 23.3. The summed E-state index contributed by atoms with van der Waals surface area (Å²) < 4.78 is 33.3. The molecule has 8 heteroatoms. The van der Waals surface area contributed by atoms with Gasteiger partial charge in [0.2, 0.25) is 10.0 Å². The Bertz CT molecular complexity index is 1020. The molecule has 0 spiro atoms. The zero-order valence-corrected chi connectivity index (χ0v) is 19.5. The van der Waals surface area contributed by atoms with Crippen molar-refractivity contribution in [2.75, 3.05) is 39.3 Å². The molecule has 7 nitrogen and oxygen atoms in total. The summed E-state index contributed by atoms with van der Waals surface area (Å²) in [6, 6.07) is 17.3. The van der Waals surface area contributed by atoms with Crippen LogP contribution >= 0.6 is 0 Å². The van der Waals surface area contributed by atoms with Crippen molar-refractivity contribution >= 4 is 16.0 Å². The van der Waals surface area contributed by atoms with Crippen LogP contribution in [0.5, 0.6) is 0 Å². The van der Waals surface area contributed by atoms with Crippen molar-refractivity contribution in [3.05, 3.63) is 65.7 Å². The zero-order valence-electron chi connectivity index (χ0n) is 18.7. The molecule has 2 heterocycles. The number of benzene rings is 2. The summed E-state index contributed by atoms with van der Waals surface area (Å²) in [6.45, 7) is 7.76. The Balaban J connectivity index is 1.41. The molecule has 0 bridgehead atoms. The van der Waals surface area contributed by atoms with Gasteiger partial charge in [0.1, 0.15) is 6.10 Å². The Kier molecular flexibility index (Phi) is 6.95. The fourth-order valence-corrected chi connectivity index (χ4v) is 6.04. The van der Waals surface area contributed by atoms with Gasteiger partial charge in [-0.25, -0.2) is 8.42 Å². The summed E-state index contributed by atoms with van der Waals surface area (Å²) in [5.41, 5.74) is 2.26. The number of esters is 1. The third kappa shape index (κ3) is 5.20. The lowest BCUT2D eigenvalue weighted by Gasteiger charge is -2.38. The predicted molar refractivity (Wildman–Crippen MR) is 123 cm³/mol. The first-order chi connectivity index (χ1) is 15.3. The number of piperazine rings is 1. The van der Waals surface area contributed by atoms with Crippen LogP contribution in [0.4, 0.5) is 0 Å². The van der Waals surface area contributed by atoms with E-state index in [1.165, 1.54) is 12.5 Å². The highest BCUT2D eigenvalue weighted by Crippen LogP contribution is 2.25. The molecule has 172 valence electrons. The van der Waals surface area contributed by atoms with E-state index in [4.69, 9.17) is 4.74 Å². The van der Waals surface area contributed by atoms with Crippen LogP contribution < -0.4 is 0 Å². The van der Waals surface area contributed by atoms with Crippen molar-refractivity contribution in [1.82, 2.24) is 14.1 Å². The molecular weight excluding hydrogens is 426 g/mol. The lowest BCUT2D eigenvalue weighted by atomic mass is 10.1. The van der Waals surface area contributed by atoms with Crippen molar-refractivity contribution < 1.29 is 17.9 Å². The van der Waals surface area contributed by atoms with Crippen molar-refractivity contribution in [2.45, 2.75) is 37.4 Å². The number of sulfonamides is 1. The number of likely N-dealkylation sites (tertiary alicyclic amines) is 1. The van der Waals surface area contributed by atoms with E-state index in [1.54, 1.807) is 16.4 Å². The van der Waals surface area contributed by atoms with Gasteiger partial charge in [0.25, 0.3) is 0 Å². The highest BCUT2D eigenvalue weighted by atomic mass is 32.2. The molecule has 0 aromatic heterocycles. The van der Waals surface area contributed by atoms with Crippen molar-refractivity contribution in [3.8, 4) is 0 Å². The topological polar surface area (TPSA) is 70.2 Å². The molecule has 0 saturated carbocycles. The lowest BCUT2D eigenvalue weighted by molar-refractivity contribution is -0.148. The van der Waals surface area contributed by atoms with Crippen LogP contribution in [-0.4, -0.2) is 79.9 Å². The van der Waals surface area contributed by atoms with Gasteiger partial charge in [0.05, 0.1) is 10.9 Å². The Hall–Kier alpha value is -2.26. The maximum Gasteiger partial charge on any atom is 0.303 e. The Labute approximate surface area is 190 Å². The molecule has 0 radical (unpaired) electrons. The highest BCUT2D eigenvalue weighted by Gasteiger charge is 2.41. The van der Waals surface area contributed by atoms with Crippen LogP contribution in [0.15, 0.2) is 59.5 Å². The molecule has 0 amide bonds. The van der Waals surface area contributed by atoms with Gasteiger partial charge < -0.3 is 4.74 Å². The van der Waals surface area contributed by atoms with Crippen LogP contribution in [0.25, 0.3) is 0 Å². The summed E-state index contributed by atoms with van der Waals surface area (Å²) in [7, 11) is -3.50. The van der Waals surface area contributed by atoms with Gasteiger partial charge in [0, 0.05) is 52.7 Å². The number of carbonyl (C=O) groups excluding carboxylic acids is 1. The third-order valence-corrected chi connectivity index (χ3v) is 8.19. The Morgan fingerprint density at radius 1 is 0.969 bits per heavy atom. The fourth-order valence-electron chi connectivity index (χ4n) is 4.62. The maximum atomic E-state index is 13.0. The average molecular weight is 458 g/mol. The van der Waals surface area contributed by atoms with Crippen molar-refractivity contribution in [2.24, 2.45) is 0 Å². The first-order valence-corrected chi connectivity index (χ1v) is 12.5. The molecule has 2 aromatic rings. The fraction of sp³-hybridized carbons (Fsp3) is 0.458. The summed E-state index contributed by atoms with van der Waals surface area (Å²) in [6.07, 6.45) is -0.212. The van der Waals surface area contributed by atoms with E-state index in [0.29, 0.717) is 37.6 Å². The van der Waals surface area contributed by atoms with E-state index in [9.17, 15) is 13.2 Å². The highest BCUT2D eigenvalue weighted by molar-refractivity contribution is 7.89. The lowest BCUT2D eigenvalue weighted by Crippen LogP contribution is -2.55. The minimum atomic E-state index is -3.50. The Morgan fingerprint density at radius 3 is 2.25 bits per heavy atom. The molecule has 4 rings (SSSR count). The van der Waals surface area contributed by atoms with E-state index in [0.717, 1.165) is 18.7 Å². The van der Waals surface area contributed by atoms with E-state index in [2.05, 4.69) is 21.9 Å². The smallest absolute Gasteiger partial charge is 0.303 e. The minimum Gasteiger partial charge on any atom is -0.459 e. The summed E-state index contributed by atoms with van der Waals surface area (Å²) in [5, 5.41) is 0. The number of rotatable bonds is 6. The Morgan fingerprint density at radius 2 is 1.62 bits per heavy atom. The second-order valence-electron chi connectivity index (χ2n) is 8.65.